The Bertz CT molecular complexity index is 1350. The van der Waals surface area contributed by atoms with Crippen LogP contribution in [-0.4, -0.2) is 18.1 Å². The van der Waals surface area contributed by atoms with Gasteiger partial charge in [-0.25, -0.2) is 9.78 Å². The van der Waals surface area contributed by atoms with Gasteiger partial charge in [0.05, 0.1) is 22.9 Å². The molecule has 0 aliphatic rings. The minimum absolute atomic E-state index is 0.375. The number of esters is 1. The maximum absolute atomic E-state index is 12.9. The van der Waals surface area contributed by atoms with E-state index in [9.17, 15) is 4.79 Å². The van der Waals surface area contributed by atoms with Crippen LogP contribution in [0.4, 0.5) is 0 Å². The summed E-state index contributed by atoms with van der Waals surface area (Å²) in [5.41, 5.74) is 2.39. The molecule has 0 N–H and O–H groups in total. The Balaban J connectivity index is 1.48. The third-order valence-corrected chi connectivity index (χ3v) is 6.00. The summed E-state index contributed by atoms with van der Waals surface area (Å²) in [5.74, 6) is 0.443. The number of ether oxygens (including phenoxy) is 2. The highest BCUT2D eigenvalue weighted by Crippen LogP contribution is 2.36. The molecule has 0 saturated carbocycles. The van der Waals surface area contributed by atoms with Crippen molar-refractivity contribution in [2.75, 3.05) is 7.11 Å². The Morgan fingerprint density at radius 3 is 2.53 bits per heavy atom. The maximum Gasteiger partial charge on any atom is 0.344 e. The molecule has 0 bridgehead atoms. The molecule has 0 unspecified atom stereocenters. The highest BCUT2D eigenvalue weighted by atomic mass is 32.1. The molecule has 1 aromatic heterocycles. The van der Waals surface area contributed by atoms with Gasteiger partial charge in [-0.2, -0.15) is 0 Å². The first-order valence-electron chi connectivity index (χ1n) is 9.47. The normalized spacial score (nSPS) is 11.0. The van der Waals surface area contributed by atoms with Crippen LogP contribution in [0, 0.1) is 0 Å². The number of thiazole rings is 1. The second-order valence-corrected chi connectivity index (χ2v) is 7.80. The topological polar surface area (TPSA) is 48.4 Å². The van der Waals surface area contributed by atoms with Crippen LogP contribution < -0.4 is 9.47 Å². The lowest BCUT2D eigenvalue weighted by atomic mass is 10.0. The summed E-state index contributed by atoms with van der Waals surface area (Å²) >= 11 is 1.61. The van der Waals surface area contributed by atoms with Gasteiger partial charge in [-0.15, -0.1) is 11.3 Å². The Labute approximate surface area is 177 Å². The third-order valence-electron chi connectivity index (χ3n) is 4.92. The molecule has 0 radical (unpaired) electrons. The molecule has 1 heterocycles. The molecule has 5 rings (SSSR count). The van der Waals surface area contributed by atoms with E-state index in [-0.39, 0.29) is 0 Å². The summed E-state index contributed by atoms with van der Waals surface area (Å²) in [6, 6.07) is 26.9. The monoisotopic (exact) mass is 411 g/mol. The van der Waals surface area contributed by atoms with Gasteiger partial charge in [0.15, 0.2) is 11.5 Å². The molecule has 0 atom stereocenters. The number of carbonyl (C=O) groups excluding carboxylic acids is 1. The zero-order valence-corrected chi connectivity index (χ0v) is 17.0. The number of benzene rings is 4. The quantitative estimate of drug-likeness (QED) is 0.256. The Kier molecular flexibility index (Phi) is 4.65. The largest absolute Gasteiger partial charge is 0.493 e. The van der Waals surface area contributed by atoms with Gasteiger partial charge >= 0.3 is 5.97 Å². The zero-order chi connectivity index (χ0) is 20.5. The fourth-order valence-corrected chi connectivity index (χ4v) is 4.40. The molecule has 4 nitrogen and oxygen atoms in total. The average molecular weight is 411 g/mol. The second-order valence-electron chi connectivity index (χ2n) is 6.77. The summed E-state index contributed by atoms with van der Waals surface area (Å²) in [6.45, 7) is 0. The smallest absolute Gasteiger partial charge is 0.344 e. The van der Waals surface area contributed by atoms with Crippen LogP contribution in [0.1, 0.15) is 10.4 Å². The molecule has 0 amide bonds. The summed E-state index contributed by atoms with van der Waals surface area (Å²) in [4.78, 5) is 17.6. The number of para-hydroxylation sites is 1. The van der Waals surface area contributed by atoms with Crippen LogP contribution in [0.3, 0.4) is 0 Å². The summed E-state index contributed by atoms with van der Waals surface area (Å²) in [6.07, 6.45) is 0. The van der Waals surface area contributed by atoms with Crippen LogP contribution in [0.5, 0.6) is 11.5 Å². The molecule has 5 heteroatoms. The first-order valence-corrected chi connectivity index (χ1v) is 10.3. The van der Waals surface area contributed by atoms with Gasteiger partial charge in [-0.1, -0.05) is 48.5 Å². The van der Waals surface area contributed by atoms with Crippen LogP contribution in [0.25, 0.3) is 31.6 Å². The van der Waals surface area contributed by atoms with Crippen LogP contribution >= 0.6 is 11.3 Å². The molecule has 0 aliphatic carbocycles. The lowest BCUT2D eigenvalue weighted by Crippen LogP contribution is -2.09. The van der Waals surface area contributed by atoms with Crippen molar-refractivity contribution in [1.82, 2.24) is 4.98 Å². The number of hydrogen-bond acceptors (Lipinski definition) is 5. The highest BCUT2D eigenvalue weighted by Gasteiger charge is 2.16. The standard InChI is InChI=1S/C25H17NO3S/c1-28-22-15-17(24-26-20-11-4-5-12-23(20)30-24)13-14-21(22)29-25(27)19-10-6-8-16-7-2-3-9-18(16)19/h2-15H,1H3. The number of fused-ring (bicyclic) bond motifs is 2. The molecular formula is C25H17NO3S. The van der Waals surface area contributed by atoms with Gasteiger partial charge in [0.2, 0.25) is 0 Å². The van der Waals surface area contributed by atoms with Crippen LogP contribution in [-0.2, 0) is 0 Å². The molecule has 0 spiro atoms. The van der Waals surface area contributed by atoms with Crippen molar-refractivity contribution in [2.45, 2.75) is 0 Å². The molecule has 0 fully saturated rings. The predicted molar refractivity (Wildman–Crippen MR) is 121 cm³/mol. The molecule has 146 valence electrons. The van der Waals surface area contributed by atoms with Crippen molar-refractivity contribution >= 4 is 38.3 Å². The minimum atomic E-state index is -0.419. The van der Waals surface area contributed by atoms with Crippen molar-refractivity contribution in [1.29, 1.82) is 0 Å². The lowest BCUT2D eigenvalue weighted by Gasteiger charge is -2.11. The molecule has 5 aromatic rings. The Hall–Kier alpha value is -3.70. The van der Waals surface area contributed by atoms with Crippen molar-refractivity contribution in [3.8, 4) is 22.1 Å². The van der Waals surface area contributed by atoms with E-state index in [1.54, 1.807) is 30.6 Å². The van der Waals surface area contributed by atoms with E-state index in [0.29, 0.717) is 17.1 Å². The first-order chi connectivity index (χ1) is 14.7. The number of methoxy groups -OCH3 is 1. The summed E-state index contributed by atoms with van der Waals surface area (Å²) < 4.78 is 12.3. The van der Waals surface area contributed by atoms with Crippen molar-refractivity contribution in [3.63, 3.8) is 0 Å². The van der Waals surface area contributed by atoms with E-state index in [0.717, 1.165) is 31.6 Å². The Morgan fingerprint density at radius 2 is 1.67 bits per heavy atom. The number of nitrogens with zero attached hydrogens (tertiary/aromatic N) is 1. The fraction of sp³-hybridized carbons (Fsp3) is 0.0400. The van der Waals surface area contributed by atoms with Gasteiger partial charge in [0, 0.05) is 5.56 Å². The van der Waals surface area contributed by atoms with Crippen molar-refractivity contribution in [2.24, 2.45) is 0 Å². The van der Waals surface area contributed by atoms with Crippen molar-refractivity contribution in [3.05, 3.63) is 90.5 Å². The molecule has 30 heavy (non-hydrogen) atoms. The van der Waals surface area contributed by atoms with E-state index < -0.39 is 5.97 Å². The number of hydrogen-bond donors (Lipinski definition) is 0. The molecule has 0 saturated heterocycles. The van der Waals surface area contributed by atoms with E-state index in [4.69, 9.17) is 9.47 Å². The van der Waals surface area contributed by atoms with Gasteiger partial charge in [-0.05, 0) is 47.2 Å². The van der Waals surface area contributed by atoms with E-state index >= 15 is 0 Å². The number of carbonyl (C=O) groups is 1. The van der Waals surface area contributed by atoms with Crippen molar-refractivity contribution < 1.29 is 14.3 Å². The van der Waals surface area contributed by atoms with Gasteiger partial charge < -0.3 is 9.47 Å². The minimum Gasteiger partial charge on any atom is -0.493 e. The lowest BCUT2D eigenvalue weighted by molar-refractivity contribution is 0.0732. The summed E-state index contributed by atoms with van der Waals surface area (Å²) in [5, 5.41) is 2.74. The predicted octanol–water partition coefficient (Wildman–Crippen LogP) is 6.34. The maximum atomic E-state index is 12.9. The molecule has 0 aliphatic heterocycles. The van der Waals surface area contributed by atoms with Crippen LogP contribution in [0.15, 0.2) is 84.9 Å². The van der Waals surface area contributed by atoms with E-state index in [1.165, 1.54) is 0 Å². The third kappa shape index (κ3) is 3.29. The fourth-order valence-electron chi connectivity index (χ4n) is 3.44. The molecular weight excluding hydrogens is 394 g/mol. The number of rotatable bonds is 4. The zero-order valence-electron chi connectivity index (χ0n) is 16.2. The van der Waals surface area contributed by atoms with Crippen LogP contribution in [0.2, 0.25) is 0 Å². The highest BCUT2D eigenvalue weighted by molar-refractivity contribution is 7.21. The average Bonchev–Trinajstić information content (AvgIpc) is 3.23. The molecule has 4 aromatic carbocycles. The van der Waals surface area contributed by atoms with Gasteiger partial charge in [-0.3, -0.25) is 0 Å². The van der Waals surface area contributed by atoms with Gasteiger partial charge in [0.1, 0.15) is 5.01 Å². The van der Waals surface area contributed by atoms with E-state index in [1.807, 2.05) is 72.8 Å². The Morgan fingerprint density at radius 1 is 0.867 bits per heavy atom. The van der Waals surface area contributed by atoms with Gasteiger partial charge in [0.25, 0.3) is 0 Å². The van der Waals surface area contributed by atoms with E-state index in [2.05, 4.69) is 4.98 Å². The first kappa shape index (κ1) is 18.3. The second kappa shape index (κ2) is 7.61. The SMILES string of the molecule is COc1cc(-c2nc3ccccc3s2)ccc1OC(=O)c1cccc2ccccc12. The summed E-state index contributed by atoms with van der Waals surface area (Å²) in [7, 11) is 1.56. The number of aromatic nitrogens is 1.